The Morgan fingerprint density at radius 2 is 1.88 bits per heavy atom. The minimum atomic E-state index is -4.04. The van der Waals surface area contributed by atoms with Crippen molar-refractivity contribution in [3.05, 3.63) is 59.9 Å². The number of carbonyl (C=O) groups is 1. The second-order valence-corrected chi connectivity index (χ2v) is 9.81. The van der Waals surface area contributed by atoms with Gasteiger partial charge in [-0.3, -0.25) is 4.84 Å². The molecule has 2 atom stereocenters. The lowest BCUT2D eigenvalue weighted by Gasteiger charge is -2.30. The van der Waals surface area contributed by atoms with Crippen LogP contribution in [-0.2, 0) is 21.3 Å². The van der Waals surface area contributed by atoms with E-state index in [0.717, 1.165) is 9.96 Å². The molecule has 1 heterocycles. The van der Waals surface area contributed by atoms with Gasteiger partial charge in [-0.15, -0.1) is 0 Å². The van der Waals surface area contributed by atoms with E-state index < -0.39 is 52.2 Å². The van der Waals surface area contributed by atoms with E-state index in [2.05, 4.69) is 0 Å². The molecule has 0 unspecified atom stereocenters. The maximum atomic E-state index is 15.4. The Kier molecular flexibility index (Phi) is 7.35. The summed E-state index contributed by atoms with van der Waals surface area (Å²) in [5, 5.41) is 0.760. The van der Waals surface area contributed by atoms with Crippen molar-refractivity contribution in [2.75, 3.05) is 26.5 Å². The molecule has 1 saturated heterocycles. The molecule has 1 aliphatic heterocycles. The highest BCUT2D eigenvalue weighted by atomic mass is 32.2. The van der Waals surface area contributed by atoms with Crippen LogP contribution < -0.4 is 4.72 Å². The van der Waals surface area contributed by atoms with Gasteiger partial charge in [-0.05, 0) is 24.5 Å². The monoisotopic (exact) mass is 485 g/mol. The molecule has 33 heavy (non-hydrogen) atoms. The van der Waals surface area contributed by atoms with Crippen LogP contribution in [0.1, 0.15) is 12.5 Å². The quantitative estimate of drug-likeness (QED) is 0.611. The van der Waals surface area contributed by atoms with Gasteiger partial charge in [0, 0.05) is 12.6 Å². The number of amides is 2. The molecule has 3 rings (SSSR count). The van der Waals surface area contributed by atoms with Crippen LogP contribution in [0.4, 0.5) is 18.0 Å². The molecule has 1 N–H and O–H groups in total. The first kappa shape index (κ1) is 25.0. The molecule has 11 heteroatoms. The van der Waals surface area contributed by atoms with Crippen molar-refractivity contribution in [3.8, 4) is 11.1 Å². The normalized spacial score (nSPS) is 20.1. The van der Waals surface area contributed by atoms with Crippen molar-refractivity contribution in [2.24, 2.45) is 0 Å². The number of hydrogen-bond acceptors (Lipinski definition) is 4. The summed E-state index contributed by atoms with van der Waals surface area (Å²) in [7, 11) is -1.60. The van der Waals surface area contributed by atoms with E-state index in [1.54, 1.807) is 42.5 Å². The van der Waals surface area contributed by atoms with E-state index in [4.69, 9.17) is 4.84 Å². The number of benzene rings is 2. The number of likely N-dealkylation sites (tertiary alicyclic amines) is 1. The van der Waals surface area contributed by atoms with Crippen molar-refractivity contribution in [2.45, 2.75) is 31.4 Å². The molecule has 180 valence electrons. The highest BCUT2D eigenvalue weighted by Gasteiger charge is 2.57. The largest absolute Gasteiger partial charge is 0.344 e. The molecule has 0 bridgehead atoms. The number of hydrogen-bond donors (Lipinski definition) is 1. The first-order chi connectivity index (χ1) is 15.5. The lowest BCUT2D eigenvalue weighted by molar-refractivity contribution is -0.0789. The number of hydroxylamine groups is 2. The summed E-state index contributed by atoms with van der Waals surface area (Å²) in [6.07, 6.45) is -0.331. The summed E-state index contributed by atoms with van der Waals surface area (Å²) in [4.78, 5) is 18.4. The van der Waals surface area contributed by atoms with Gasteiger partial charge in [0.2, 0.25) is 10.0 Å². The van der Waals surface area contributed by atoms with Crippen molar-refractivity contribution >= 4 is 16.1 Å². The zero-order valence-corrected chi connectivity index (χ0v) is 19.3. The molecule has 1 fully saturated rings. The fourth-order valence-corrected chi connectivity index (χ4v) is 4.73. The molecule has 0 spiro atoms. The molecule has 0 radical (unpaired) electrons. The molecule has 2 aromatic rings. The van der Waals surface area contributed by atoms with Gasteiger partial charge in [0.1, 0.15) is 11.9 Å². The Balaban J connectivity index is 2.04. The molecule has 0 aliphatic carbocycles. The van der Waals surface area contributed by atoms with Gasteiger partial charge >= 0.3 is 6.03 Å². The Hall–Kier alpha value is -2.63. The van der Waals surface area contributed by atoms with Gasteiger partial charge in [0.05, 0.1) is 25.4 Å². The van der Waals surface area contributed by atoms with Gasteiger partial charge in [0.15, 0.2) is 0 Å². The molecule has 7 nitrogen and oxygen atoms in total. The Bertz CT molecular complexity index is 1100. The number of nitrogens with one attached hydrogen (secondary N) is 1. The van der Waals surface area contributed by atoms with Gasteiger partial charge in [-0.25, -0.2) is 36.2 Å². The van der Waals surface area contributed by atoms with E-state index >= 15 is 4.39 Å². The number of halogens is 3. The van der Waals surface area contributed by atoms with Crippen molar-refractivity contribution < 1.29 is 31.2 Å². The fourth-order valence-electron chi connectivity index (χ4n) is 3.85. The van der Waals surface area contributed by atoms with Crippen LogP contribution in [0, 0.1) is 5.82 Å². The number of alkyl halides is 2. The lowest BCUT2D eigenvalue weighted by Crippen LogP contribution is -2.53. The molecule has 2 aromatic carbocycles. The predicted octanol–water partition coefficient (Wildman–Crippen LogP) is 3.28. The highest BCUT2D eigenvalue weighted by molar-refractivity contribution is 7.89. The number of urea groups is 1. The molecule has 0 saturated carbocycles. The molecular weight excluding hydrogens is 459 g/mol. The van der Waals surface area contributed by atoms with Crippen LogP contribution in [0.15, 0.2) is 48.5 Å². The Morgan fingerprint density at radius 3 is 2.48 bits per heavy atom. The first-order valence-corrected chi connectivity index (χ1v) is 11.9. The topological polar surface area (TPSA) is 79.0 Å². The number of rotatable bonds is 7. The van der Waals surface area contributed by atoms with Gasteiger partial charge in [-0.1, -0.05) is 48.5 Å². The van der Waals surface area contributed by atoms with Crippen LogP contribution >= 0.6 is 0 Å². The van der Waals surface area contributed by atoms with Gasteiger partial charge in [-0.2, -0.15) is 0 Å². The third-order valence-electron chi connectivity index (χ3n) is 5.69. The minimum absolute atomic E-state index is 0.0811. The third-order valence-corrected chi connectivity index (χ3v) is 7.06. The molecule has 0 aromatic heterocycles. The maximum absolute atomic E-state index is 15.4. The molecule has 2 amide bonds. The third kappa shape index (κ3) is 5.31. The lowest BCUT2D eigenvalue weighted by atomic mass is 9.95. The Morgan fingerprint density at radius 1 is 1.21 bits per heavy atom. The maximum Gasteiger partial charge on any atom is 0.344 e. The second kappa shape index (κ2) is 9.70. The fraction of sp³-hybridized carbons (Fsp3) is 0.409. The van der Waals surface area contributed by atoms with Crippen LogP contribution in [0.3, 0.4) is 0 Å². The molecular formula is C22H26F3N3O4S. The zero-order chi connectivity index (χ0) is 24.4. The van der Waals surface area contributed by atoms with Crippen LogP contribution in [0.5, 0.6) is 0 Å². The van der Waals surface area contributed by atoms with E-state index in [0.29, 0.717) is 5.56 Å². The predicted molar refractivity (Wildman–Crippen MR) is 118 cm³/mol. The SMILES string of the molecule is CCS(=O)(=O)N[C@@H]1[C@H](Cc2cccc(-c3ccccc3)c2F)N(C(=O)N(C)OC)CC1(F)F. The van der Waals surface area contributed by atoms with Crippen molar-refractivity contribution in [3.63, 3.8) is 0 Å². The first-order valence-electron chi connectivity index (χ1n) is 10.3. The van der Waals surface area contributed by atoms with Crippen LogP contribution in [0.2, 0.25) is 0 Å². The molecule has 1 aliphatic rings. The summed E-state index contributed by atoms with van der Waals surface area (Å²) < 4.78 is 71.7. The smallest absolute Gasteiger partial charge is 0.312 e. The van der Waals surface area contributed by atoms with Gasteiger partial charge in [0.25, 0.3) is 5.92 Å². The number of sulfonamides is 1. The number of nitrogens with zero attached hydrogens (tertiary/aromatic N) is 2. The number of carbonyl (C=O) groups excluding carboxylic acids is 1. The Labute approximate surface area is 191 Å². The average molecular weight is 486 g/mol. The minimum Gasteiger partial charge on any atom is -0.312 e. The van der Waals surface area contributed by atoms with E-state index in [1.807, 2.05) is 4.72 Å². The summed E-state index contributed by atoms with van der Waals surface area (Å²) in [5.74, 6) is -4.62. The van der Waals surface area contributed by atoms with Crippen molar-refractivity contribution in [1.29, 1.82) is 0 Å². The summed E-state index contributed by atoms with van der Waals surface area (Å²) in [6, 6.07) is 9.12. The highest BCUT2D eigenvalue weighted by Crippen LogP contribution is 2.36. The standard InChI is InChI=1S/C22H26F3N3O4S/c1-4-33(30,31)26-20-18(28(14-22(20,24)25)21(29)27(2)32-3)13-16-11-8-12-17(19(16)23)15-9-6-5-7-10-15/h5-12,18,20,26H,4,13-14H2,1-3H3/t18-,20+/m0/s1. The van der Waals surface area contributed by atoms with Crippen molar-refractivity contribution in [1.82, 2.24) is 14.7 Å². The average Bonchev–Trinajstić information content (AvgIpc) is 3.04. The zero-order valence-electron chi connectivity index (χ0n) is 18.5. The summed E-state index contributed by atoms with van der Waals surface area (Å²) >= 11 is 0. The summed E-state index contributed by atoms with van der Waals surface area (Å²) in [5.41, 5.74) is 0.955. The van der Waals surface area contributed by atoms with Crippen LogP contribution in [0.25, 0.3) is 11.1 Å². The van der Waals surface area contributed by atoms with E-state index in [1.165, 1.54) is 27.1 Å². The second-order valence-electron chi connectivity index (χ2n) is 7.77. The van der Waals surface area contributed by atoms with E-state index in [9.17, 15) is 22.0 Å². The van der Waals surface area contributed by atoms with Crippen LogP contribution in [-0.4, -0.2) is 68.9 Å². The summed E-state index contributed by atoms with van der Waals surface area (Å²) in [6.45, 7) is 0.274. The van der Waals surface area contributed by atoms with E-state index in [-0.39, 0.29) is 17.5 Å². The van der Waals surface area contributed by atoms with Gasteiger partial charge < -0.3 is 4.90 Å².